The Morgan fingerprint density at radius 3 is 3.00 bits per heavy atom. The van der Waals surface area contributed by atoms with Crippen molar-refractivity contribution in [3.8, 4) is 0 Å². The Hall–Kier alpha value is -1.62. The maximum absolute atomic E-state index is 5.82. The van der Waals surface area contributed by atoms with Crippen LogP contribution in [0, 0.1) is 0 Å². The molecule has 3 rings (SSSR count). The van der Waals surface area contributed by atoms with Crippen LogP contribution >= 0.6 is 11.5 Å². The van der Waals surface area contributed by atoms with E-state index in [0.29, 0.717) is 12.0 Å². The fraction of sp³-hybridized carbons (Fsp3) is 0.429. The number of hydrogen-bond acceptors (Lipinski definition) is 5. The second-order valence-corrected chi connectivity index (χ2v) is 6.06. The van der Waals surface area contributed by atoms with Crippen LogP contribution in [-0.2, 0) is 6.42 Å². The van der Waals surface area contributed by atoms with Gasteiger partial charge in [-0.15, -0.1) is 0 Å². The molecule has 1 atom stereocenters. The second kappa shape index (κ2) is 4.81. The predicted molar refractivity (Wildman–Crippen MR) is 79.5 cm³/mol. The van der Waals surface area contributed by atoms with Crippen LogP contribution in [0.2, 0.25) is 0 Å². The zero-order valence-corrected chi connectivity index (χ0v) is 12.0. The molecule has 1 heterocycles. The summed E-state index contributed by atoms with van der Waals surface area (Å²) in [7, 11) is 0. The van der Waals surface area contributed by atoms with Gasteiger partial charge in [-0.2, -0.15) is 4.37 Å². The average molecular weight is 274 g/mol. The van der Waals surface area contributed by atoms with Crippen molar-refractivity contribution >= 4 is 22.4 Å². The van der Waals surface area contributed by atoms with E-state index in [9.17, 15) is 0 Å². The minimum atomic E-state index is 0.337. The van der Waals surface area contributed by atoms with Gasteiger partial charge in [0.2, 0.25) is 5.13 Å². The van der Waals surface area contributed by atoms with Crippen LogP contribution in [0.25, 0.3) is 0 Å². The third kappa shape index (κ3) is 2.42. The summed E-state index contributed by atoms with van der Waals surface area (Å²) in [4.78, 5) is 4.54. The molecule has 0 spiro atoms. The first kappa shape index (κ1) is 12.4. The third-order valence-corrected chi connectivity index (χ3v) is 4.16. The third-order valence-electron chi connectivity index (χ3n) is 3.50. The van der Waals surface area contributed by atoms with Crippen molar-refractivity contribution < 1.29 is 0 Å². The van der Waals surface area contributed by atoms with E-state index in [0.717, 1.165) is 29.5 Å². The molecule has 5 heteroatoms. The minimum absolute atomic E-state index is 0.337. The molecule has 1 unspecified atom stereocenters. The highest BCUT2D eigenvalue weighted by molar-refractivity contribution is 7.09. The fourth-order valence-corrected chi connectivity index (χ4v) is 3.23. The molecule has 3 N–H and O–H groups in total. The average Bonchev–Trinajstić information content (AvgIpc) is 2.97. The lowest BCUT2D eigenvalue weighted by molar-refractivity contribution is 0.754. The molecule has 1 aliphatic carbocycles. The zero-order chi connectivity index (χ0) is 13.4. The van der Waals surface area contributed by atoms with Gasteiger partial charge < -0.3 is 11.1 Å². The van der Waals surface area contributed by atoms with Crippen molar-refractivity contribution in [2.24, 2.45) is 0 Å². The number of anilines is 2. The van der Waals surface area contributed by atoms with Crippen molar-refractivity contribution in [3.63, 3.8) is 0 Å². The summed E-state index contributed by atoms with van der Waals surface area (Å²) < 4.78 is 4.38. The molecule has 0 saturated carbocycles. The molecule has 19 heavy (non-hydrogen) atoms. The second-order valence-electron chi connectivity index (χ2n) is 5.31. The number of nitrogens with one attached hydrogen (secondary N) is 1. The van der Waals surface area contributed by atoms with Gasteiger partial charge in [0.05, 0.1) is 6.04 Å². The lowest BCUT2D eigenvalue weighted by Crippen LogP contribution is -2.07. The standard InChI is InChI=1S/C14H18N4S/c1-8(2)13-17-14(19-18-13)16-12-6-3-9-7-10(15)4-5-11(9)12/h4-5,7-8,12H,3,6,15H2,1-2H3,(H,16,17,18). The smallest absolute Gasteiger partial charge is 0.203 e. The van der Waals surface area contributed by atoms with Crippen molar-refractivity contribution in [1.29, 1.82) is 0 Å². The number of rotatable bonds is 3. The van der Waals surface area contributed by atoms with Gasteiger partial charge >= 0.3 is 0 Å². The van der Waals surface area contributed by atoms with Crippen molar-refractivity contribution in [1.82, 2.24) is 9.36 Å². The Kier molecular flexibility index (Phi) is 3.14. The molecule has 4 nitrogen and oxygen atoms in total. The van der Waals surface area contributed by atoms with E-state index in [-0.39, 0.29) is 0 Å². The Morgan fingerprint density at radius 1 is 1.42 bits per heavy atom. The van der Waals surface area contributed by atoms with E-state index in [4.69, 9.17) is 5.73 Å². The number of aryl methyl sites for hydroxylation is 1. The van der Waals surface area contributed by atoms with Gasteiger partial charge in [-0.1, -0.05) is 19.9 Å². The van der Waals surface area contributed by atoms with Crippen LogP contribution in [-0.4, -0.2) is 9.36 Å². The molecule has 100 valence electrons. The molecular formula is C14H18N4S. The highest BCUT2D eigenvalue weighted by Crippen LogP contribution is 2.35. The van der Waals surface area contributed by atoms with Gasteiger partial charge in [0.25, 0.3) is 0 Å². The fourth-order valence-electron chi connectivity index (χ4n) is 2.46. The summed E-state index contributed by atoms with van der Waals surface area (Å²) in [5, 5.41) is 4.41. The monoisotopic (exact) mass is 274 g/mol. The molecule has 0 bridgehead atoms. The van der Waals surface area contributed by atoms with Gasteiger partial charge in [-0.05, 0) is 36.1 Å². The number of benzene rings is 1. The molecule has 0 radical (unpaired) electrons. The lowest BCUT2D eigenvalue weighted by atomic mass is 10.1. The van der Waals surface area contributed by atoms with Crippen LogP contribution in [0.4, 0.5) is 10.8 Å². The Morgan fingerprint density at radius 2 is 2.26 bits per heavy atom. The molecule has 1 aliphatic rings. The highest BCUT2D eigenvalue weighted by atomic mass is 32.1. The first-order chi connectivity index (χ1) is 9.13. The summed E-state index contributed by atoms with van der Waals surface area (Å²) in [6, 6.07) is 6.51. The van der Waals surface area contributed by atoms with E-state index in [2.05, 4.69) is 40.7 Å². The van der Waals surface area contributed by atoms with Crippen LogP contribution in [0.5, 0.6) is 0 Å². The quantitative estimate of drug-likeness (QED) is 0.843. The van der Waals surface area contributed by atoms with E-state index >= 15 is 0 Å². The molecular weight excluding hydrogens is 256 g/mol. The molecule has 2 aromatic rings. The molecule has 0 fully saturated rings. The summed E-state index contributed by atoms with van der Waals surface area (Å²) >= 11 is 1.45. The summed E-state index contributed by atoms with van der Waals surface area (Å²) in [5.41, 5.74) is 9.37. The number of nitrogen functional groups attached to an aromatic ring is 1. The number of fused-ring (bicyclic) bond motifs is 1. The molecule has 1 aromatic carbocycles. The first-order valence-electron chi connectivity index (χ1n) is 6.62. The van der Waals surface area contributed by atoms with E-state index in [1.807, 2.05) is 6.07 Å². The van der Waals surface area contributed by atoms with Crippen molar-refractivity contribution in [2.75, 3.05) is 11.1 Å². The minimum Gasteiger partial charge on any atom is -0.399 e. The van der Waals surface area contributed by atoms with Crippen LogP contribution < -0.4 is 11.1 Å². The van der Waals surface area contributed by atoms with Crippen LogP contribution in [0.3, 0.4) is 0 Å². The van der Waals surface area contributed by atoms with Crippen molar-refractivity contribution in [3.05, 3.63) is 35.2 Å². The molecule has 0 saturated heterocycles. The van der Waals surface area contributed by atoms with Gasteiger partial charge in [-0.3, -0.25) is 0 Å². The van der Waals surface area contributed by atoms with Gasteiger partial charge in [0.15, 0.2) is 0 Å². The first-order valence-corrected chi connectivity index (χ1v) is 7.39. The largest absolute Gasteiger partial charge is 0.399 e. The van der Waals surface area contributed by atoms with Gasteiger partial charge in [0, 0.05) is 23.1 Å². The van der Waals surface area contributed by atoms with E-state index in [1.165, 1.54) is 22.7 Å². The topological polar surface area (TPSA) is 63.8 Å². The lowest BCUT2D eigenvalue weighted by Gasteiger charge is -2.12. The molecule has 1 aromatic heterocycles. The van der Waals surface area contributed by atoms with Crippen molar-refractivity contribution in [2.45, 2.75) is 38.6 Å². The van der Waals surface area contributed by atoms with E-state index in [1.54, 1.807) is 0 Å². The van der Waals surface area contributed by atoms with Gasteiger partial charge in [-0.25, -0.2) is 4.98 Å². The number of hydrogen-bond donors (Lipinski definition) is 2. The summed E-state index contributed by atoms with van der Waals surface area (Å²) in [5.74, 6) is 1.30. The Bertz CT molecular complexity index is 591. The van der Waals surface area contributed by atoms with Crippen LogP contribution in [0.1, 0.15) is 49.2 Å². The SMILES string of the molecule is CC(C)c1nsc(NC2CCc3cc(N)ccc32)n1. The normalized spacial score (nSPS) is 17.7. The Balaban J connectivity index is 1.78. The molecule has 0 aliphatic heterocycles. The number of nitrogens with zero attached hydrogens (tertiary/aromatic N) is 2. The maximum atomic E-state index is 5.82. The van der Waals surface area contributed by atoms with E-state index < -0.39 is 0 Å². The summed E-state index contributed by atoms with van der Waals surface area (Å²) in [6.45, 7) is 4.22. The van der Waals surface area contributed by atoms with Gasteiger partial charge in [0.1, 0.15) is 5.82 Å². The molecule has 0 amide bonds. The van der Waals surface area contributed by atoms with Crippen LogP contribution in [0.15, 0.2) is 18.2 Å². The number of aromatic nitrogens is 2. The predicted octanol–water partition coefficient (Wildman–Crippen LogP) is 3.34. The Labute approximate surface area is 117 Å². The summed E-state index contributed by atoms with van der Waals surface area (Å²) in [6.07, 6.45) is 2.17. The highest BCUT2D eigenvalue weighted by Gasteiger charge is 2.23. The zero-order valence-electron chi connectivity index (χ0n) is 11.2. The maximum Gasteiger partial charge on any atom is 0.203 e. The number of nitrogens with two attached hydrogens (primary N) is 1.